The van der Waals surface area contributed by atoms with Crippen LogP contribution in [0.1, 0.15) is 5.69 Å². The van der Waals surface area contributed by atoms with E-state index in [1.807, 2.05) is 0 Å². The van der Waals surface area contributed by atoms with E-state index in [9.17, 15) is 0 Å². The van der Waals surface area contributed by atoms with E-state index in [4.69, 9.17) is 27.9 Å². The average Bonchev–Trinajstić information content (AvgIpc) is 2.33. The molecule has 0 saturated heterocycles. The van der Waals surface area contributed by atoms with Crippen molar-refractivity contribution in [1.82, 2.24) is 9.97 Å². The van der Waals surface area contributed by atoms with Gasteiger partial charge in [0.15, 0.2) is 0 Å². The number of benzene rings is 1. The molecule has 1 aromatic carbocycles. The molecule has 0 saturated carbocycles. The second-order valence-electron chi connectivity index (χ2n) is 3.04. The van der Waals surface area contributed by atoms with Crippen LogP contribution in [0.3, 0.4) is 0 Å². The number of rotatable bonds is 3. The number of alkyl halides is 1. The summed E-state index contributed by atoms with van der Waals surface area (Å²) >= 11 is 11.4. The lowest BCUT2D eigenvalue weighted by Gasteiger charge is -2.04. The molecule has 0 atom stereocenters. The topological polar surface area (TPSA) is 35.0 Å². The Balaban J connectivity index is 2.11. The molecular formula is C11H8Cl2N2O. The third kappa shape index (κ3) is 2.84. The quantitative estimate of drug-likeness (QED) is 0.785. The minimum Gasteiger partial charge on any atom is -0.438 e. The van der Waals surface area contributed by atoms with Crippen LogP contribution in [0.25, 0.3) is 0 Å². The Labute approximate surface area is 103 Å². The molecule has 1 aromatic heterocycles. The van der Waals surface area contributed by atoms with Gasteiger partial charge in [-0.3, -0.25) is 4.98 Å². The molecule has 0 spiro atoms. The standard InChI is InChI=1S/C11H8Cl2N2O/c12-5-9-6-15-11(7-14-9)16-10-3-1-8(13)2-4-10/h1-4,6-7H,5H2. The maximum atomic E-state index is 5.76. The smallest absolute Gasteiger partial charge is 0.237 e. The van der Waals surface area contributed by atoms with Crippen molar-refractivity contribution in [2.45, 2.75) is 5.88 Å². The molecule has 0 bridgehead atoms. The van der Waals surface area contributed by atoms with Crippen LogP contribution in [-0.2, 0) is 5.88 Å². The summed E-state index contributed by atoms with van der Waals surface area (Å²) in [5.74, 6) is 1.43. The molecule has 5 heteroatoms. The first-order valence-corrected chi connectivity index (χ1v) is 5.49. The van der Waals surface area contributed by atoms with Gasteiger partial charge >= 0.3 is 0 Å². The minimum atomic E-state index is 0.341. The molecule has 2 rings (SSSR count). The molecule has 3 nitrogen and oxygen atoms in total. The molecule has 1 heterocycles. The molecule has 0 aliphatic rings. The van der Waals surface area contributed by atoms with Crippen molar-refractivity contribution in [3.63, 3.8) is 0 Å². The van der Waals surface area contributed by atoms with Crippen molar-refractivity contribution in [3.05, 3.63) is 47.4 Å². The average molecular weight is 255 g/mol. The fourth-order valence-corrected chi connectivity index (χ4v) is 1.35. The van der Waals surface area contributed by atoms with Gasteiger partial charge in [0.05, 0.1) is 24.0 Å². The van der Waals surface area contributed by atoms with Crippen LogP contribution in [0.5, 0.6) is 11.6 Å². The lowest BCUT2D eigenvalue weighted by atomic mass is 10.3. The van der Waals surface area contributed by atoms with Gasteiger partial charge in [-0.25, -0.2) is 4.98 Å². The number of aromatic nitrogens is 2. The van der Waals surface area contributed by atoms with E-state index in [2.05, 4.69) is 9.97 Å². The highest BCUT2D eigenvalue weighted by molar-refractivity contribution is 6.30. The summed E-state index contributed by atoms with van der Waals surface area (Å²) in [6.45, 7) is 0. The van der Waals surface area contributed by atoms with Crippen molar-refractivity contribution in [3.8, 4) is 11.6 Å². The summed E-state index contributed by atoms with van der Waals surface area (Å²) in [4.78, 5) is 8.13. The number of ether oxygens (including phenoxy) is 1. The fourth-order valence-electron chi connectivity index (χ4n) is 1.09. The van der Waals surface area contributed by atoms with Crippen molar-refractivity contribution in [1.29, 1.82) is 0 Å². The third-order valence-electron chi connectivity index (χ3n) is 1.85. The number of hydrogen-bond acceptors (Lipinski definition) is 3. The van der Waals surface area contributed by atoms with Crippen molar-refractivity contribution in [2.75, 3.05) is 0 Å². The zero-order valence-electron chi connectivity index (χ0n) is 8.23. The van der Waals surface area contributed by atoms with E-state index < -0.39 is 0 Å². The van der Waals surface area contributed by atoms with E-state index in [1.165, 1.54) is 6.20 Å². The molecule has 0 N–H and O–H groups in total. The second-order valence-corrected chi connectivity index (χ2v) is 3.74. The van der Waals surface area contributed by atoms with Crippen LogP contribution in [-0.4, -0.2) is 9.97 Å². The van der Waals surface area contributed by atoms with Gasteiger partial charge in [0, 0.05) is 5.02 Å². The Morgan fingerprint density at radius 1 is 1.06 bits per heavy atom. The fraction of sp³-hybridized carbons (Fsp3) is 0.0909. The number of halogens is 2. The molecule has 16 heavy (non-hydrogen) atoms. The van der Waals surface area contributed by atoms with Crippen LogP contribution >= 0.6 is 23.2 Å². The van der Waals surface area contributed by atoms with Crippen LogP contribution in [0.2, 0.25) is 5.02 Å². The van der Waals surface area contributed by atoms with Crippen molar-refractivity contribution < 1.29 is 4.74 Å². The third-order valence-corrected chi connectivity index (χ3v) is 2.38. The summed E-state index contributed by atoms with van der Waals surface area (Å²) in [5.41, 5.74) is 0.713. The molecule has 0 unspecified atom stereocenters. The summed E-state index contributed by atoms with van der Waals surface area (Å²) in [6.07, 6.45) is 3.12. The zero-order valence-corrected chi connectivity index (χ0v) is 9.74. The predicted molar refractivity (Wildman–Crippen MR) is 63.1 cm³/mol. The highest BCUT2D eigenvalue weighted by atomic mass is 35.5. The largest absolute Gasteiger partial charge is 0.438 e. The molecular weight excluding hydrogens is 247 g/mol. The van der Waals surface area contributed by atoms with Gasteiger partial charge in [0.1, 0.15) is 5.75 Å². The molecule has 0 aliphatic carbocycles. The molecule has 82 valence electrons. The van der Waals surface area contributed by atoms with Gasteiger partial charge in [-0.2, -0.15) is 0 Å². The summed E-state index contributed by atoms with van der Waals surface area (Å²) in [5, 5.41) is 0.663. The lowest BCUT2D eigenvalue weighted by molar-refractivity contribution is 0.459. The van der Waals surface area contributed by atoms with Gasteiger partial charge in [-0.05, 0) is 24.3 Å². The Morgan fingerprint density at radius 2 is 1.81 bits per heavy atom. The molecule has 0 radical (unpaired) electrons. The maximum absolute atomic E-state index is 5.76. The highest BCUT2D eigenvalue weighted by Crippen LogP contribution is 2.20. The van der Waals surface area contributed by atoms with E-state index in [1.54, 1.807) is 30.5 Å². The summed E-state index contributed by atoms with van der Waals surface area (Å²) in [7, 11) is 0. The number of hydrogen-bond donors (Lipinski definition) is 0. The van der Waals surface area contributed by atoms with Gasteiger partial charge in [0.2, 0.25) is 5.88 Å². The lowest BCUT2D eigenvalue weighted by Crippen LogP contribution is -1.91. The SMILES string of the molecule is ClCc1cnc(Oc2ccc(Cl)cc2)cn1. The first kappa shape index (κ1) is 11.2. The first-order chi connectivity index (χ1) is 7.78. The molecule has 0 amide bonds. The Morgan fingerprint density at radius 3 is 2.38 bits per heavy atom. The number of nitrogens with zero attached hydrogens (tertiary/aromatic N) is 2. The van der Waals surface area contributed by atoms with Gasteiger partial charge < -0.3 is 4.74 Å². The normalized spacial score (nSPS) is 10.1. The summed E-state index contributed by atoms with van der Waals surface area (Å²) in [6, 6.07) is 7.02. The Bertz CT molecular complexity index is 456. The van der Waals surface area contributed by atoms with Crippen molar-refractivity contribution in [2.24, 2.45) is 0 Å². The van der Waals surface area contributed by atoms with E-state index in [0.717, 1.165) is 0 Å². The zero-order chi connectivity index (χ0) is 11.4. The highest BCUT2D eigenvalue weighted by Gasteiger charge is 1.99. The second kappa shape index (κ2) is 5.14. The molecule has 0 aliphatic heterocycles. The van der Waals surface area contributed by atoms with Crippen molar-refractivity contribution >= 4 is 23.2 Å². The van der Waals surface area contributed by atoms with Crippen LogP contribution in [0.15, 0.2) is 36.7 Å². The van der Waals surface area contributed by atoms with E-state index >= 15 is 0 Å². The summed E-state index contributed by atoms with van der Waals surface area (Å²) < 4.78 is 5.46. The molecule has 0 fully saturated rings. The van der Waals surface area contributed by atoms with Crippen LogP contribution < -0.4 is 4.74 Å². The van der Waals surface area contributed by atoms with E-state index in [-0.39, 0.29) is 0 Å². The van der Waals surface area contributed by atoms with Gasteiger partial charge in [-0.1, -0.05) is 11.6 Å². The van der Waals surface area contributed by atoms with Gasteiger partial charge in [-0.15, -0.1) is 11.6 Å². The van der Waals surface area contributed by atoms with Crippen LogP contribution in [0.4, 0.5) is 0 Å². The van der Waals surface area contributed by atoms with Gasteiger partial charge in [0.25, 0.3) is 0 Å². The maximum Gasteiger partial charge on any atom is 0.237 e. The van der Waals surface area contributed by atoms with E-state index in [0.29, 0.717) is 28.2 Å². The van der Waals surface area contributed by atoms with Crippen LogP contribution in [0, 0.1) is 0 Å². The Kier molecular flexibility index (Phi) is 3.59. The minimum absolute atomic E-state index is 0.341. The molecule has 2 aromatic rings. The monoisotopic (exact) mass is 254 g/mol. The predicted octanol–water partition coefficient (Wildman–Crippen LogP) is 3.66. The first-order valence-electron chi connectivity index (χ1n) is 4.58. The Hall–Kier alpha value is -1.32.